The molecule has 0 atom stereocenters. The Bertz CT molecular complexity index is 1150. The zero-order chi connectivity index (χ0) is 19.9. The molecule has 0 saturated heterocycles. The van der Waals surface area contributed by atoms with Crippen molar-refractivity contribution >= 4 is 32.7 Å². The van der Waals surface area contributed by atoms with Crippen LogP contribution in [0.5, 0.6) is 0 Å². The highest BCUT2D eigenvalue weighted by molar-refractivity contribution is 7.92. The van der Waals surface area contributed by atoms with E-state index in [1.807, 2.05) is 49.1 Å². The third kappa shape index (κ3) is 3.08. The van der Waals surface area contributed by atoms with Crippen LogP contribution in [-0.2, 0) is 14.8 Å². The van der Waals surface area contributed by atoms with E-state index in [1.54, 1.807) is 19.2 Å². The fourth-order valence-electron chi connectivity index (χ4n) is 3.22. The second-order valence-electron chi connectivity index (χ2n) is 6.86. The first-order valence-corrected chi connectivity index (χ1v) is 10.5. The number of aromatic nitrogens is 2. The van der Waals surface area contributed by atoms with Gasteiger partial charge in [-0.3, -0.25) is 0 Å². The zero-order valence-electron chi connectivity index (χ0n) is 16.1. The lowest BCUT2D eigenvalue weighted by Crippen LogP contribution is -2.37. The van der Waals surface area contributed by atoms with E-state index in [9.17, 15) is 8.42 Å². The van der Waals surface area contributed by atoms with Gasteiger partial charge in [-0.2, -0.15) is 0 Å². The molecule has 1 aromatic heterocycles. The number of ether oxygens (including phenoxy) is 1. The molecule has 0 N–H and O–H groups in total. The molecule has 8 heteroatoms. The molecule has 3 aromatic rings. The Labute approximate surface area is 164 Å². The van der Waals surface area contributed by atoms with Crippen molar-refractivity contribution in [2.45, 2.75) is 18.7 Å². The van der Waals surface area contributed by atoms with Gasteiger partial charge in [0.2, 0.25) is 0 Å². The highest BCUT2D eigenvalue weighted by Gasteiger charge is 2.37. The van der Waals surface area contributed by atoms with E-state index in [1.165, 1.54) is 4.31 Å². The zero-order valence-corrected chi connectivity index (χ0v) is 16.9. The van der Waals surface area contributed by atoms with Crippen LogP contribution in [0.15, 0.2) is 47.4 Å². The van der Waals surface area contributed by atoms with Gasteiger partial charge in [-0.05, 0) is 49.2 Å². The van der Waals surface area contributed by atoms with Crippen molar-refractivity contribution in [3.8, 4) is 0 Å². The molecule has 0 fully saturated rings. The largest absolute Gasteiger partial charge is 0.383 e. The lowest BCUT2D eigenvalue weighted by atomic mass is 10.1. The first-order valence-electron chi connectivity index (χ1n) is 9.02. The van der Waals surface area contributed by atoms with E-state index in [0.717, 1.165) is 16.6 Å². The highest BCUT2D eigenvalue weighted by Crippen LogP contribution is 2.37. The summed E-state index contributed by atoms with van der Waals surface area (Å²) in [5, 5.41) is 0. The van der Waals surface area contributed by atoms with E-state index >= 15 is 0 Å². The molecule has 1 aliphatic rings. The molecular formula is C20H22N4O3S. The molecule has 1 aliphatic heterocycles. The van der Waals surface area contributed by atoms with Crippen molar-refractivity contribution in [2.75, 3.05) is 36.1 Å². The molecule has 4 rings (SSSR count). The number of hydrogen-bond acceptors (Lipinski definition) is 6. The van der Waals surface area contributed by atoms with Gasteiger partial charge in [0.05, 0.1) is 22.5 Å². The normalized spacial score (nSPS) is 14.0. The maximum absolute atomic E-state index is 13.4. The maximum atomic E-state index is 13.4. The molecule has 7 nitrogen and oxygen atoms in total. The third-order valence-corrected chi connectivity index (χ3v) is 6.72. The van der Waals surface area contributed by atoms with E-state index in [-0.39, 0.29) is 11.6 Å². The summed E-state index contributed by atoms with van der Waals surface area (Å²) in [4.78, 5) is 11.5. The smallest absolute Gasteiger partial charge is 0.267 e. The Kier molecular flexibility index (Phi) is 4.68. The van der Waals surface area contributed by atoms with Gasteiger partial charge in [-0.25, -0.2) is 22.7 Å². The molecule has 0 bridgehead atoms. The number of rotatable bonds is 5. The van der Waals surface area contributed by atoms with Crippen LogP contribution in [0.4, 0.5) is 11.6 Å². The van der Waals surface area contributed by atoms with E-state index in [2.05, 4.69) is 9.97 Å². The summed E-state index contributed by atoms with van der Waals surface area (Å²) >= 11 is 0. The molecule has 0 saturated carbocycles. The summed E-state index contributed by atoms with van der Waals surface area (Å²) < 4.78 is 33.4. The molecule has 2 aromatic carbocycles. The molecule has 0 radical (unpaired) electrons. The molecule has 28 heavy (non-hydrogen) atoms. The van der Waals surface area contributed by atoms with Crippen molar-refractivity contribution in [1.29, 1.82) is 0 Å². The summed E-state index contributed by atoms with van der Waals surface area (Å²) in [6.45, 7) is 5.01. The molecule has 146 valence electrons. The Balaban J connectivity index is 1.84. The topological polar surface area (TPSA) is 75.6 Å². The number of fused-ring (bicyclic) bond motifs is 2. The summed E-state index contributed by atoms with van der Waals surface area (Å²) in [5.74, 6) is 0.913. The molecule has 0 aliphatic carbocycles. The predicted molar refractivity (Wildman–Crippen MR) is 109 cm³/mol. The fraction of sp³-hybridized carbons (Fsp3) is 0.300. The minimum atomic E-state index is -3.77. The van der Waals surface area contributed by atoms with Crippen molar-refractivity contribution < 1.29 is 13.2 Å². The average Bonchev–Trinajstić information content (AvgIpc) is 3.05. The SMILES string of the molecule is COCCN1CN(S(=O)(=O)c2ccc(C)c(C)c2)c2nc3ccccc3nc21. The number of hydrogen-bond donors (Lipinski definition) is 0. The van der Waals surface area contributed by atoms with Gasteiger partial charge in [-0.15, -0.1) is 0 Å². The quantitative estimate of drug-likeness (QED) is 0.658. The summed E-state index contributed by atoms with van der Waals surface area (Å²) in [6.07, 6.45) is 0. The van der Waals surface area contributed by atoms with Crippen LogP contribution in [0.3, 0.4) is 0 Å². The minimum absolute atomic E-state index is 0.157. The monoisotopic (exact) mass is 398 g/mol. The third-order valence-electron chi connectivity index (χ3n) is 5.00. The van der Waals surface area contributed by atoms with Crippen molar-refractivity contribution in [2.24, 2.45) is 0 Å². The average molecular weight is 398 g/mol. The lowest BCUT2D eigenvalue weighted by Gasteiger charge is -2.20. The van der Waals surface area contributed by atoms with E-state index in [4.69, 9.17) is 4.74 Å². The van der Waals surface area contributed by atoms with Crippen molar-refractivity contribution in [3.05, 3.63) is 53.6 Å². The van der Waals surface area contributed by atoms with Gasteiger partial charge >= 0.3 is 0 Å². The Hall–Kier alpha value is -2.71. The molecular weight excluding hydrogens is 376 g/mol. The number of nitrogens with zero attached hydrogens (tertiary/aromatic N) is 4. The van der Waals surface area contributed by atoms with E-state index < -0.39 is 10.0 Å². The van der Waals surface area contributed by atoms with Crippen LogP contribution in [0.2, 0.25) is 0 Å². The summed E-state index contributed by atoms with van der Waals surface area (Å²) in [5.41, 5.74) is 3.37. The second-order valence-corrected chi connectivity index (χ2v) is 8.72. The number of para-hydroxylation sites is 2. The number of anilines is 2. The van der Waals surface area contributed by atoms with Crippen LogP contribution in [0.25, 0.3) is 11.0 Å². The van der Waals surface area contributed by atoms with Crippen LogP contribution < -0.4 is 9.21 Å². The van der Waals surface area contributed by atoms with Crippen molar-refractivity contribution in [3.63, 3.8) is 0 Å². The predicted octanol–water partition coefficient (Wildman–Crippen LogP) is 2.87. The molecule has 0 spiro atoms. The maximum Gasteiger partial charge on any atom is 0.267 e. The van der Waals surface area contributed by atoms with Gasteiger partial charge in [0, 0.05) is 13.7 Å². The highest BCUT2D eigenvalue weighted by atomic mass is 32.2. The van der Waals surface area contributed by atoms with Crippen LogP contribution >= 0.6 is 0 Å². The number of benzene rings is 2. The first kappa shape index (κ1) is 18.6. The Morgan fingerprint density at radius 1 is 1.00 bits per heavy atom. The number of aryl methyl sites for hydroxylation is 2. The van der Waals surface area contributed by atoms with E-state index in [0.29, 0.717) is 30.3 Å². The van der Waals surface area contributed by atoms with Crippen LogP contribution in [0, 0.1) is 13.8 Å². The fourth-order valence-corrected chi connectivity index (χ4v) is 4.68. The van der Waals surface area contributed by atoms with Crippen LogP contribution in [0.1, 0.15) is 11.1 Å². The molecule has 0 unspecified atom stereocenters. The van der Waals surface area contributed by atoms with Gasteiger partial charge in [0.15, 0.2) is 11.6 Å². The Morgan fingerprint density at radius 2 is 1.68 bits per heavy atom. The van der Waals surface area contributed by atoms with Gasteiger partial charge < -0.3 is 9.64 Å². The second kappa shape index (κ2) is 7.03. The Morgan fingerprint density at radius 3 is 2.32 bits per heavy atom. The summed E-state index contributed by atoms with van der Waals surface area (Å²) in [7, 11) is -2.15. The minimum Gasteiger partial charge on any atom is -0.383 e. The number of sulfonamides is 1. The molecule has 2 heterocycles. The van der Waals surface area contributed by atoms with Gasteiger partial charge in [0.25, 0.3) is 10.0 Å². The van der Waals surface area contributed by atoms with Gasteiger partial charge in [0.1, 0.15) is 6.67 Å². The first-order chi connectivity index (χ1) is 13.4. The van der Waals surface area contributed by atoms with Crippen molar-refractivity contribution in [1.82, 2.24) is 9.97 Å². The lowest BCUT2D eigenvalue weighted by molar-refractivity contribution is 0.205. The standard InChI is InChI=1S/C20H22N4O3S/c1-14-8-9-16(12-15(14)2)28(25,26)24-13-23(10-11-27-3)19-20(24)22-18-7-5-4-6-17(18)21-19/h4-9,12H,10-11,13H2,1-3H3. The number of methoxy groups -OCH3 is 1. The summed E-state index contributed by atoms with van der Waals surface area (Å²) in [6, 6.07) is 12.6. The van der Waals surface area contributed by atoms with Crippen LogP contribution in [-0.4, -0.2) is 45.3 Å². The van der Waals surface area contributed by atoms with Gasteiger partial charge in [-0.1, -0.05) is 18.2 Å². The molecule has 0 amide bonds.